The fraction of sp³-hybridized carbons (Fsp3) is 0.600. The molecular weight excluding hydrogens is 210 g/mol. The quantitative estimate of drug-likeness (QED) is 0.835. The van der Waals surface area contributed by atoms with Crippen molar-refractivity contribution in [1.82, 2.24) is 5.32 Å². The van der Waals surface area contributed by atoms with Gasteiger partial charge in [-0.25, -0.2) is 0 Å². The highest BCUT2D eigenvalue weighted by molar-refractivity contribution is 5.27. The van der Waals surface area contributed by atoms with Crippen molar-refractivity contribution in [3.63, 3.8) is 0 Å². The predicted octanol–water partition coefficient (Wildman–Crippen LogP) is 3.62. The Kier molecular flexibility index (Phi) is 3.43. The van der Waals surface area contributed by atoms with E-state index in [0.29, 0.717) is 23.2 Å². The van der Waals surface area contributed by atoms with E-state index in [-0.39, 0.29) is 0 Å². The van der Waals surface area contributed by atoms with Gasteiger partial charge in [0.2, 0.25) is 0 Å². The van der Waals surface area contributed by atoms with Crippen LogP contribution in [-0.4, -0.2) is 11.1 Å². The van der Waals surface area contributed by atoms with E-state index in [4.69, 9.17) is 0 Å². The summed E-state index contributed by atoms with van der Waals surface area (Å²) in [6, 6.07) is 8.45. The second-order valence-electron chi connectivity index (χ2n) is 5.91. The van der Waals surface area contributed by atoms with Gasteiger partial charge in [-0.3, -0.25) is 0 Å². The second-order valence-corrected chi connectivity index (χ2v) is 5.91. The van der Waals surface area contributed by atoms with Crippen LogP contribution in [0.5, 0.6) is 5.75 Å². The van der Waals surface area contributed by atoms with Crippen molar-refractivity contribution in [1.29, 1.82) is 0 Å². The Morgan fingerprint density at radius 3 is 2.47 bits per heavy atom. The van der Waals surface area contributed by atoms with Crippen molar-refractivity contribution in [2.24, 2.45) is 5.41 Å². The van der Waals surface area contributed by atoms with Crippen molar-refractivity contribution < 1.29 is 5.11 Å². The first kappa shape index (κ1) is 12.4. The van der Waals surface area contributed by atoms with Gasteiger partial charge >= 0.3 is 0 Å². The third-order valence-corrected chi connectivity index (χ3v) is 4.10. The SMILES string of the molecule is CC(NC1CCCC1(C)C)c1ccc(O)cc1. The largest absolute Gasteiger partial charge is 0.508 e. The third kappa shape index (κ3) is 2.81. The molecule has 1 aliphatic carbocycles. The highest BCUT2D eigenvalue weighted by atomic mass is 16.3. The lowest BCUT2D eigenvalue weighted by Crippen LogP contribution is -2.39. The van der Waals surface area contributed by atoms with E-state index >= 15 is 0 Å². The molecule has 0 heterocycles. The van der Waals surface area contributed by atoms with Gasteiger partial charge in [0.1, 0.15) is 5.75 Å². The fourth-order valence-corrected chi connectivity index (χ4v) is 2.80. The van der Waals surface area contributed by atoms with Crippen LogP contribution in [-0.2, 0) is 0 Å². The number of phenols is 1. The Morgan fingerprint density at radius 2 is 1.94 bits per heavy atom. The molecule has 94 valence electrons. The van der Waals surface area contributed by atoms with Crippen LogP contribution in [0.15, 0.2) is 24.3 Å². The zero-order valence-electron chi connectivity index (χ0n) is 11.0. The Morgan fingerprint density at radius 1 is 1.29 bits per heavy atom. The van der Waals surface area contributed by atoms with Crippen LogP contribution in [0.1, 0.15) is 51.6 Å². The predicted molar refractivity (Wildman–Crippen MR) is 71.1 cm³/mol. The summed E-state index contributed by atoms with van der Waals surface area (Å²) >= 11 is 0. The average molecular weight is 233 g/mol. The molecule has 0 aromatic heterocycles. The van der Waals surface area contributed by atoms with Crippen molar-refractivity contribution in [3.8, 4) is 5.75 Å². The van der Waals surface area contributed by atoms with Gasteiger partial charge < -0.3 is 10.4 Å². The highest BCUT2D eigenvalue weighted by Crippen LogP contribution is 2.38. The molecule has 1 aliphatic rings. The monoisotopic (exact) mass is 233 g/mol. The zero-order valence-corrected chi connectivity index (χ0v) is 11.0. The molecule has 0 amide bonds. The summed E-state index contributed by atoms with van der Waals surface area (Å²) in [4.78, 5) is 0. The van der Waals surface area contributed by atoms with E-state index in [9.17, 15) is 5.11 Å². The van der Waals surface area contributed by atoms with Gasteiger partial charge in [0.05, 0.1) is 0 Å². The van der Waals surface area contributed by atoms with E-state index in [2.05, 4.69) is 26.1 Å². The van der Waals surface area contributed by atoms with Crippen molar-refractivity contribution in [2.45, 2.75) is 52.1 Å². The maximum Gasteiger partial charge on any atom is 0.115 e. The van der Waals surface area contributed by atoms with E-state index in [0.717, 1.165) is 0 Å². The van der Waals surface area contributed by atoms with Gasteiger partial charge in [-0.15, -0.1) is 0 Å². The Labute approximate surface area is 104 Å². The van der Waals surface area contributed by atoms with E-state index < -0.39 is 0 Å². The minimum Gasteiger partial charge on any atom is -0.508 e. The number of rotatable bonds is 3. The molecule has 1 fully saturated rings. The molecular formula is C15H23NO. The normalized spacial score (nSPS) is 24.8. The minimum atomic E-state index is 0.335. The smallest absolute Gasteiger partial charge is 0.115 e. The summed E-state index contributed by atoms with van der Waals surface area (Å²) < 4.78 is 0. The summed E-state index contributed by atoms with van der Waals surface area (Å²) in [6.45, 7) is 6.89. The van der Waals surface area contributed by atoms with Crippen LogP contribution in [0.2, 0.25) is 0 Å². The molecule has 17 heavy (non-hydrogen) atoms. The van der Waals surface area contributed by atoms with Gasteiger partial charge in [-0.2, -0.15) is 0 Å². The molecule has 0 radical (unpaired) electrons. The van der Waals surface area contributed by atoms with Gasteiger partial charge in [-0.1, -0.05) is 32.4 Å². The number of benzene rings is 1. The van der Waals surface area contributed by atoms with E-state index in [1.807, 2.05) is 12.1 Å². The van der Waals surface area contributed by atoms with Crippen LogP contribution in [0, 0.1) is 5.41 Å². The lowest BCUT2D eigenvalue weighted by atomic mass is 9.86. The molecule has 2 unspecified atom stereocenters. The standard InChI is InChI=1S/C15H23NO/c1-11(12-6-8-13(17)9-7-12)16-14-5-4-10-15(14,2)3/h6-9,11,14,16-17H,4-5,10H2,1-3H3. The summed E-state index contributed by atoms with van der Waals surface area (Å²) in [5.41, 5.74) is 1.65. The van der Waals surface area contributed by atoms with Gasteiger partial charge in [0.15, 0.2) is 0 Å². The van der Waals surface area contributed by atoms with Crippen LogP contribution >= 0.6 is 0 Å². The van der Waals surface area contributed by atoms with Crippen molar-refractivity contribution in [3.05, 3.63) is 29.8 Å². The maximum atomic E-state index is 9.29. The number of hydrogen-bond acceptors (Lipinski definition) is 2. The van der Waals surface area contributed by atoms with E-state index in [1.54, 1.807) is 12.1 Å². The van der Waals surface area contributed by atoms with Crippen molar-refractivity contribution in [2.75, 3.05) is 0 Å². The third-order valence-electron chi connectivity index (χ3n) is 4.10. The maximum absolute atomic E-state index is 9.29. The molecule has 1 aromatic rings. The van der Waals surface area contributed by atoms with Gasteiger partial charge in [0, 0.05) is 12.1 Å². The molecule has 2 rings (SSSR count). The van der Waals surface area contributed by atoms with Crippen LogP contribution in [0.25, 0.3) is 0 Å². The summed E-state index contributed by atoms with van der Waals surface area (Å²) in [5.74, 6) is 0.335. The summed E-state index contributed by atoms with van der Waals surface area (Å²) in [7, 11) is 0. The first-order chi connectivity index (χ1) is 7.99. The molecule has 0 aliphatic heterocycles. The Balaban J connectivity index is 2.01. The minimum absolute atomic E-state index is 0.335. The van der Waals surface area contributed by atoms with Gasteiger partial charge in [-0.05, 0) is 42.9 Å². The lowest BCUT2D eigenvalue weighted by molar-refractivity contribution is 0.266. The highest BCUT2D eigenvalue weighted by Gasteiger charge is 2.34. The fourth-order valence-electron chi connectivity index (χ4n) is 2.80. The molecule has 0 bridgehead atoms. The van der Waals surface area contributed by atoms with Gasteiger partial charge in [0.25, 0.3) is 0 Å². The number of hydrogen-bond donors (Lipinski definition) is 2. The zero-order chi connectivity index (χ0) is 12.5. The molecule has 2 heteroatoms. The number of phenolic OH excluding ortho intramolecular Hbond substituents is 1. The molecule has 1 saturated carbocycles. The lowest BCUT2D eigenvalue weighted by Gasteiger charge is -2.31. The Hall–Kier alpha value is -1.02. The van der Waals surface area contributed by atoms with Crippen molar-refractivity contribution >= 4 is 0 Å². The van der Waals surface area contributed by atoms with Crippen LogP contribution in [0.3, 0.4) is 0 Å². The first-order valence-electron chi connectivity index (χ1n) is 6.54. The summed E-state index contributed by atoms with van der Waals surface area (Å²) in [5, 5.41) is 13.0. The topological polar surface area (TPSA) is 32.3 Å². The molecule has 0 spiro atoms. The molecule has 2 atom stereocenters. The van der Waals surface area contributed by atoms with Crippen LogP contribution in [0.4, 0.5) is 0 Å². The molecule has 2 N–H and O–H groups in total. The number of nitrogens with one attached hydrogen (secondary N) is 1. The molecule has 1 aromatic carbocycles. The first-order valence-corrected chi connectivity index (χ1v) is 6.54. The van der Waals surface area contributed by atoms with Crippen LogP contribution < -0.4 is 5.32 Å². The Bertz CT molecular complexity index is 369. The molecule has 2 nitrogen and oxygen atoms in total. The second kappa shape index (κ2) is 4.69. The summed E-state index contributed by atoms with van der Waals surface area (Å²) in [6.07, 6.45) is 3.91. The molecule has 0 saturated heterocycles. The van der Waals surface area contributed by atoms with E-state index in [1.165, 1.54) is 24.8 Å². The average Bonchev–Trinajstić information content (AvgIpc) is 2.59. The number of aromatic hydroxyl groups is 1.